The molecule has 0 N–H and O–H groups in total. The molecule has 0 saturated carbocycles. The zero-order valence-corrected chi connectivity index (χ0v) is 53.7. The molecule has 0 aliphatic rings. The van der Waals surface area contributed by atoms with Crippen molar-refractivity contribution >= 4 is 175 Å². The summed E-state index contributed by atoms with van der Waals surface area (Å²) in [6, 6.07) is 5.06. The van der Waals surface area contributed by atoms with Gasteiger partial charge in [-0.3, -0.25) is 0 Å². The van der Waals surface area contributed by atoms with Crippen LogP contribution in [-0.2, 0) is 96.8 Å². The molecule has 19 heteroatoms. The summed E-state index contributed by atoms with van der Waals surface area (Å²) >= 11 is 58.9. The molecular formula is C42H84MoN6S12-6. The molecule has 0 aromatic heterocycles. The molecule has 0 rings (SSSR count). The van der Waals surface area contributed by atoms with Crippen molar-refractivity contribution in [1.29, 1.82) is 0 Å². The molecular weight excluding hydrogens is 1070 g/mol. The standard InChI is InChI=1S/6C7H15NS2.Mo/c6*1-5(2)8(6(3)4)7(9)10;/h6*5-6H,1-4H3,(H,9,10);/p-6. The summed E-state index contributed by atoms with van der Waals surface area (Å²) < 4.78 is 3.44. The fraction of sp³-hybridized carbons (Fsp3) is 0.857. The van der Waals surface area contributed by atoms with Crippen LogP contribution < -0.4 is 0 Å². The number of hydrogen-bond acceptors (Lipinski definition) is 12. The third-order valence-corrected chi connectivity index (χ3v) is 10.5. The molecule has 0 aromatic rings. The summed E-state index contributed by atoms with van der Waals surface area (Å²) in [5.74, 6) is 0. The van der Waals surface area contributed by atoms with E-state index in [0.717, 1.165) is 0 Å². The van der Waals surface area contributed by atoms with Crippen LogP contribution in [-0.4, -0.2) is 128 Å². The van der Waals surface area contributed by atoms with Crippen molar-refractivity contribution in [3.05, 3.63) is 0 Å². The first-order valence-electron chi connectivity index (χ1n) is 20.7. The van der Waals surface area contributed by atoms with Gasteiger partial charge in [0.2, 0.25) is 0 Å². The van der Waals surface area contributed by atoms with Gasteiger partial charge in [0.25, 0.3) is 0 Å². The largest absolute Gasteiger partial charge is 0.411 e. The maximum Gasteiger partial charge on any atom is 0.0220 e. The molecule has 0 aliphatic heterocycles. The second-order valence-corrected chi connectivity index (χ2v) is 23.4. The summed E-state index contributed by atoms with van der Waals surface area (Å²) in [6.07, 6.45) is 0. The minimum atomic E-state index is 0. The Bertz CT molecular complexity index is 917. The Hall–Kier alpha value is 1.35. The van der Waals surface area contributed by atoms with Crippen molar-refractivity contribution in [3.63, 3.8) is 0 Å². The van der Waals surface area contributed by atoms with Crippen molar-refractivity contribution < 1.29 is 21.1 Å². The van der Waals surface area contributed by atoms with Crippen molar-refractivity contribution in [2.45, 2.75) is 239 Å². The molecule has 0 aromatic carbocycles. The van der Waals surface area contributed by atoms with Crippen molar-refractivity contribution in [2.24, 2.45) is 0 Å². The second kappa shape index (κ2) is 41.5. The minimum Gasteiger partial charge on any atom is -0.411 e. The number of rotatable bonds is 12. The van der Waals surface area contributed by atoms with Gasteiger partial charge in [0.1, 0.15) is 0 Å². The molecule has 0 bridgehead atoms. The van der Waals surface area contributed by atoms with Crippen LogP contribution in [0.5, 0.6) is 0 Å². The molecule has 366 valence electrons. The van der Waals surface area contributed by atoms with Crippen LogP contribution in [0.25, 0.3) is 0 Å². The van der Waals surface area contributed by atoms with Gasteiger partial charge in [0.05, 0.1) is 0 Å². The van der Waals surface area contributed by atoms with Crippen LogP contribution >= 0.6 is 73.3 Å². The van der Waals surface area contributed by atoms with Crippen LogP contribution in [0.15, 0.2) is 0 Å². The molecule has 61 heavy (non-hydrogen) atoms. The van der Waals surface area contributed by atoms with E-state index in [4.69, 9.17) is 149 Å². The molecule has 0 unspecified atom stereocenters. The van der Waals surface area contributed by atoms with Gasteiger partial charge in [-0.25, -0.2) is 0 Å². The van der Waals surface area contributed by atoms with Gasteiger partial charge in [0, 0.05) is 93.6 Å². The molecule has 6 nitrogen and oxygen atoms in total. The minimum absolute atomic E-state index is 0. The summed E-state index contributed by atoms with van der Waals surface area (Å²) in [7, 11) is 0. The monoisotopic (exact) mass is 1150 g/mol. The number of thiocarbonyl (C=S) groups is 6. The maximum atomic E-state index is 4.91. The average Bonchev–Trinajstić information content (AvgIpc) is 2.94. The summed E-state index contributed by atoms with van der Waals surface area (Å²) in [5, 5.41) is 0. The van der Waals surface area contributed by atoms with E-state index in [9.17, 15) is 0 Å². The summed E-state index contributed by atoms with van der Waals surface area (Å²) in [4.78, 5) is 12.3. The van der Waals surface area contributed by atoms with E-state index in [-0.39, 0.29) is 21.1 Å². The van der Waals surface area contributed by atoms with Crippen LogP contribution in [0.2, 0.25) is 0 Å². The molecule has 0 fully saturated rings. The van der Waals surface area contributed by atoms with Crippen molar-refractivity contribution in [1.82, 2.24) is 29.4 Å². The molecule has 0 atom stereocenters. The third-order valence-electron chi connectivity index (χ3n) is 7.94. The van der Waals surface area contributed by atoms with E-state index in [1.165, 1.54) is 0 Å². The van der Waals surface area contributed by atoms with E-state index in [2.05, 4.69) is 166 Å². The van der Waals surface area contributed by atoms with Crippen LogP contribution in [0.1, 0.15) is 166 Å². The Labute approximate surface area is 459 Å². The molecule has 0 heterocycles. The van der Waals surface area contributed by atoms with E-state index >= 15 is 0 Å². The molecule has 0 radical (unpaired) electrons. The zero-order chi connectivity index (χ0) is 49.9. The van der Waals surface area contributed by atoms with E-state index in [1.807, 2.05) is 29.4 Å². The maximum absolute atomic E-state index is 4.91. The molecule has 0 spiro atoms. The topological polar surface area (TPSA) is 19.4 Å². The summed E-state index contributed by atoms with van der Waals surface area (Å²) in [6.45, 7) is 50.3. The van der Waals surface area contributed by atoms with Gasteiger partial charge < -0.3 is 178 Å². The predicted octanol–water partition coefficient (Wildman–Crippen LogP) is 11.6. The Balaban J connectivity index is -0.000000114. The van der Waals surface area contributed by atoms with E-state index < -0.39 is 0 Å². The van der Waals surface area contributed by atoms with Gasteiger partial charge in [0.15, 0.2) is 0 Å². The van der Waals surface area contributed by atoms with E-state index in [0.29, 0.717) is 98.4 Å². The normalized spacial score (nSPS) is 10.4. The van der Waals surface area contributed by atoms with Gasteiger partial charge in [-0.15, -0.1) is 0 Å². The first kappa shape index (κ1) is 76.6. The van der Waals surface area contributed by atoms with Crippen molar-refractivity contribution in [3.8, 4) is 0 Å². The van der Waals surface area contributed by atoms with Crippen LogP contribution in [0.3, 0.4) is 0 Å². The Morgan fingerprint density at radius 3 is 0.262 bits per heavy atom. The van der Waals surface area contributed by atoms with Crippen molar-refractivity contribution in [2.75, 3.05) is 0 Å². The molecule has 0 aliphatic carbocycles. The first-order chi connectivity index (χ1) is 26.8. The van der Waals surface area contributed by atoms with Gasteiger partial charge >= 0.3 is 0 Å². The Morgan fingerprint density at radius 1 is 0.213 bits per heavy atom. The quantitative estimate of drug-likeness (QED) is 0.105. The molecule has 0 saturated heterocycles. The van der Waals surface area contributed by atoms with E-state index in [1.54, 1.807) is 0 Å². The SMILES string of the molecule is CC(C)N(C(=S)[S-])C(C)C.CC(C)N(C(=S)[S-])C(C)C.CC(C)N(C(=S)[S-])C(C)C.CC(C)N(C(=S)[S-])C(C)C.CC(C)N(C(=S)[S-])C(C)C.CC(C)N(C(=S)[S-])C(C)C.[Mo]. The third kappa shape index (κ3) is 40.2. The van der Waals surface area contributed by atoms with Gasteiger partial charge in [-0.2, -0.15) is 0 Å². The fourth-order valence-corrected chi connectivity index (χ4v) is 11.2. The summed E-state index contributed by atoms with van der Waals surface area (Å²) in [5.41, 5.74) is 0. The number of hydrogen-bond donors (Lipinski definition) is 0. The predicted molar refractivity (Wildman–Crippen MR) is 312 cm³/mol. The average molecular weight is 1150 g/mol. The first-order valence-corrected chi connectivity index (χ1v) is 25.6. The van der Waals surface area contributed by atoms with Gasteiger partial charge in [-0.1, -0.05) is 25.9 Å². The molecule has 0 amide bonds. The van der Waals surface area contributed by atoms with Crippen LogP contribution in [0, 0.1) is 0 Å². The number of nitrogens with zero attached hydrogens (tertiary/aromatic N) is 6. The fourth-order valence-electron chi connectivity index (χ4n) is 6.11. The van der Waals surface area contributed by atoms with Gasteiger partial charge in [-0.05, 0) is 166 Å². The second-order valence-electron chi connectivity index (χ2n) is 17.2. The van der Waals surface area contributed by atoms with Crippen LogP contribution in [0.4, 0.5) is 0 Å². The zero-order valence-electron chi connectivity index (χ0n) is 41.9. The smallest absolute Gasteiger partial charge is 0.0220 e. The Morgan fingerprint density at radius 2 is 0.262 bits per heavy atom. The Kier molecular flexibility index (Phi) is 52.1.